The second kappa shape index (κ2) is 6.44. The summed E-state index contributed by atoms with van der Waals surface area (Å²) in [7, 11) is 0. The van der Waals surface area contributed by atoms with E-state index in [4.69, 9.17) is 5.73 Å². The molecular weight excluding hydrogens is 250 g/mol. The second-order valence-corrected chi connectivity index (χ2v) is 7.09. The maximum atomic E-state index is 12.2. The van der Waals surface area contributed by atoms with Crippen molar-refractivity contribution in [1.82, 2.24) is 10.2 Å². The molecule has 1 saturated heterocycles. The van der Waals surface area contributed by atoms with Gasteiger partial charge in [-0.3, -0.25) is 10.1 Å². The fourth-order valence-corrected chi connectivity index (χ4v) is 3.79. The first-order chi connectivity index (χ1) is 9.48. The first-order valence-electron chi connectivity index (χ1n) is 8.28. The van der Waals surface area contributed by atoms with Crippen LogP contribution in [0.3, 0.4) is 0 Å². The number of primary amides is 1. The number of rotatable bonds is 8. The first kappa shape index (κ1) is 15.8. The maximum Gasteiger partial charge on any atom is 0.239 e. The topological polar surface area (TPSA) is 58.4 Å². The fraction of sp³-hybridized carbons (Fsp3) is 0.938. The van der Waals surface area contributed by atoms with E-state index in [1.165, 1.54) is 19.3 Å². The summed E-state index contributed by atoms with van der Waals surface area (Å²) in [5.41, 5.74) is 5.30. The number of hydrogen-bond acceptors (Lipinski definition) is 3. The standard InChI is InChI=1S/C16H31N3O/c1-4-5-13-8-9-19(10-13)11-16(15(17)20,14-6-7-14)18-12(2)3/h12-14,18H,4-11H2,1-3H3,(H2,17,20). The lowest BCUT2D eigenvalue weighted by Crippen LogP contribution is -2.64. The largest absolute Gasteiger partial charge is 0.368 e. The number of nitrogens with zero attached hydrogens (tertiary/aromatic N) is 1. The summed E-state index contributed by atoms with van der Waals surface area (Å²) in [4.78, 5) is 14.6. The van der Waals surface area contributed by atoms with Crippen molar-refractivity contribution in [3.8, 4) is 0 Å². The van der Waals surface area contributed by atoms with Crippen LogP contribution in [-0.4, -0.2) is 42.0 Å². The molecule has 20 heavy (non-hydrogen) atoms. The Morgan fingerprint density at radius 2 is 2.10 bits per heavy atom. The molecule has 0 aromatic heterocycles. The van der Waals surface area contributed by atoms with Gasteiger partial charge in [0.2, 0.25) is 5.91 Å². The molecule has 0 aromatic carbocycles. The van der Waals surface area contributed by atoms with Crippen molar-refractivity contribution >= 4 is 5.91 Å². The van der Waals surface area contributed by atoms with Gasteiger partial charge in [-0.25, -0.2) is 0 Å². The van der Waals surface area contributed by atoms with Crippen LogP contribution < -0.4 is 11.1 Å². The molecule has 2 rings (SSSR count). The van der Waals surface area contributed by atoms with Crippen molar-refractivity contribution in [3.05, 3.63) is 0 Å². The first-order valence-corrected chi connectivity index (χ1v) is 8.28. The molecule has 2 fully saturated rings. The summed E-state index contributed by atoms with van der Waals surface area (Å²) in [6.45, 7) is 9.50. The zero-order chi connectivity index (χ0) is 14.8. The Morgan fingerprint density at radius 3 is 2.60 bits per heavy atom. The van der Waals surface area contributed by atoms with Crippen LogP contribution in [0.1, 0.15) is 52.9 Å². The average Bonchev–Trinajstić information content (AvgIpc) is 3.12. The van der Waals surface area contributed by atoms with E-state index < -0.39 is 5.54 Å². The van der Waals surface area contributed by atoms with Gasteiger partial charge in [0.25, 0.3) is 0 Å². The van der Waals surface area contributed by atoms with Crippen molar-refractivity contribution in [2.45, 2.75) is 64.5 Å². The Labute approximate surface area is 123 Å². The van der Waals surface area contributed by atoms with E-state index in [-0.39, 0.29) is 11.9 Å². The number of carbonyl (C=O) groups excluding carboxylic acids is 1. The summed E-state index contributed by atoms with van der Waals surface area (Å²) in [5, 5.41) is 3.51. The summed E-state index contributed by atoms with van der Waals surface area (Å²) >= 11 is 0. The number of nitrogens with two attached hydrogens (primary N) is 1. The highest BCUT2D eigenvalue weighted by Crippen LogP contribution is 2.41. The van der Waals surface area contributed by atoms with Gasteiger partial charge in [0.1, 0.15) is 5.54 Å². The molecule has 1 aliphatic heterocycles. The molecule has 1 amide bonds. The third kappa shape index (κ3) is 3.53. The molecule has 0 spiro atoms. The van der Waals surface area contributed by atoms with Gasteiger partial charge < -0.3 is 10.6 Å². The monoisotopic (exact) mass is 281 g/mol. The highest BCUT2D eigenvalue weighted by Gasteiger charge is 2.51. The summed E-state index contributed by atoms with van der Waals surface area (Å²) in [6, 6.07) is 0.289. The summed E-state index contributed by atoms with van der Waals surface area (Å²) in [6.07, 6.45) is 6.10. The molecule has 0 aromatic rings. The fourth-order valence-electron chi connectivity index (χ4n) is 3.79. The molecule has 2 atom stereocenters. The Morgan fingerprint density at radius 1 is 1.40 bits per heavy atom. The minimum atomic E-state index is -0.505. The van der Waals surface area contributed by atoms with E-state index >= 15 is 0 Å². The van der Waals surface area contributed by atoms with Crippen LogP contribution in [0.15, 0.2) is 0 Å². The maximum absolute atomic E-state index is 12.2. The molecule has 0 radical (unpaired) electrons. The predicted octanol–water partition coefficient (Wildman–Crippen LogP) is 1.74. The van der Waals surface area contributed by atoms with Crippen molar-refractivity contribution < 1.29 is 4.79 Å². The van der Waals surface area contributed by atoms with Crippen LogP contribution in [0.2, 0.25) is 0 Å². The predicted molar refractivity (Wildman–Crippen MR) is 82.4 cm³/mol. The van der Waals surface area contributed by atoms with Crippen LogP contribution in [0.25, 0.3) is 0 Å². The van der Waals surface area contributed by atoms with Gasteiger partial charge in [-0.15, -0.1) is 0 Å². The molecule has 1 aliphatic carbocycles. The van der Waals surface area contributed by atoms with Gasteiger partial charge in [-0.1, -0.05) is 13.3 Å². The summed E-state index contributed by atoms with van der Waals surface area (Å²) < 4.78 is 0. The number of hydrogen-bond donors (Lipinski definition) is 2. The van der Waals surface area contributed by atoms with E-state index in [1.807, 2.05) is 0 Å². The average molecular weight is 281 g/mol. The molecule has 2 unspecified atom stereocenters. The Hall–Kier alpha value is -0.610. The Kier molecular flexibility index (Phi) is 5.08. The van der Waals surface area contributed by atoms with Gasteiger partial charge >= 0.3 is 0 Å². The van der Waals surface area contributed by atoms with Crippen molar-refractivity contribution in [3.63, 3.8) is 0 Å². The lowest BCUT2D eigenvalue weighted by Gasteiger charge is -2.37. The molecule has 0 bridgehead atoms. The molecule has 2 aliphatic rings. The van der Waals surface area contributed by atoms with Gasteiger partial charge in [-0.05, 0) is 57.9 Å². The zero-order valence-corrected chi connectivity index (χ0v) is 13.3. The second-order valence-electron chi connectivity index (χ2n) is 7.09. The molecule has 3 N–H and O–H groups in total. The minimum Gasteiger partial charge on any atom is -0.368 e. The van der Waals surface area contributed by atoms with Crippen molar-refractivity contribution in [1.29, 1.82) is 0 Å². The third-order valence-corrected chi connectivity index (χ3v) is 4.80. The number of nitrogens with one attached hydrogen (secondary N) is 1. The normalized spacial score (nSPS) is 26.9. The Bertz CT molecular complexity index is 341. The molecule has 4 nitrogen and oxygen atoms in total. The van der Waals surface area contributed by atoms with Crippen LogP contribution >= 0.6 is 0 Å². The minimum absolute atomic E-state index is 0.160. The number of amides is 1. The number of carbonyl (C=O) groups is 1. The zero-order valence-electron chi connectivity index (χ0n) is 13.3. The highest BCUT2D eigenvalue weighted by molar-refractivity contribution is 5.86. The third-order valence-electron chi connectivity index (χ3n) is 4.80. The van der Waals surface area contributed by atoms with Crippen LogP contribution in [0, 0.1) is 11.8 Å². The van der Waals surface area contributed by atoms with Crippen LogP contribution in [-0.2, 0) is 4.79 Å². The highest BCUT2D eigenvalue weighted by atomic mass is 16.1. The smallest absolute Gasteiger partial charge is 0.239 e. The molecule has 1 saturated carbocycles. The van der Waals surface area contributed by atoms with Gasteiger partial charge in [0.15, 0.2) is 0 Å². The molecule has 4 heteroatoms. The van der Waals surface area contributed by atoms with Crippen molar-refractivity contribution in [2.24, 2.45) is 17.6 Å². The number of likely N-dealkylation sites (tertiary alicyclic amines) is 1. The van der Waals surface area contributed by atoms with E-state index in [0.717, 1.165) is 38.4 Å². The van der Waals surface area contributed by atoms with E-state index in [1.54, 1.807) is 0 Å². The Balaban J connectivity index is 2.02. The van der Waals surface area contributed by atoms with Gasteiger partial charge in [0.05, 0.1) is 0 Å². The SMILES string of the molecule is CCCC1CCN(CC(NC(C)C)(C(N)=O)C2CC2)C1. The summed E-state index contributed by atoms with van der Waals surface area (Å²) in [5.74, 6) is 1.09. The lowest BCUT2D eigenvalue weighted by molar-refractivity contribution is -0.126. The van der Waals surface area contributed by atoms with E-state index in [9.17, 15) is 4.79 Å². The van der Waals surface area contributed by atoms with Crippen LogP contribution in [0.4, 0.5) is 0 Å². The van der Waals surface area contributed by atoms with E-state index in [2.05, 4.69) is 31.0 Å². The molecule has 1 heterocycles. The lowest BCUT2D eigenvalue weighted by atomic mass is 9.90. The quantitative estimate of drug-likeness (QED) is 0.712. The van der Waals surface area contributed by atoms with E-state index in [0.29, 0.717) is 5.92 Å². The molecular formula is C16H31N3O. The van der Waals surface area contributed by atoms with Gasteiger partial charge in [0, 0.05) is 19.1 Å². The van der Waals surface area contributed by atoms with Crippen LogP contribution in [0.5, 0.6) is 0 Å². The molecule has 116 valence electrons. The van der Waals surface area contributed by atoms with Gasteiger partial charge in [-0.2, -0.15) is 0 Å². The van der Waals surface area contributed by atoms with Crippen molar-refractivity contribution in [2.75, 3.05) is 19.6 Å².